The van der Waals surface area contributed by atoms with Crippen LogP contribution in [0.25, 0.3) is 11.3 Å². The number of hydrogen-bond donors (Lipinski definition) is 1. The molecule has 0 unspecified atom stereocenters. The number of nitrogens with zero attached hydrogens (tertiary/aromatic N) is 2. The number of benzene rings is 1. The average molecular weight is 233 g/mol. The van der Waals surface area contributed by atoms with Crippen molar-refractivity contribution in [1.29, 1.82) is 0 Å². The maximum Gasteiger partial charge on any atom is 0.136 e. The van der Waals surface area contributed by atoms with Gasteiger partial charge in [-0.2, -0.15) is 10.2 Å². The van der Waals surface area contributed by atoms with Crippen molar-refractivity contribution in [2.45, 2.75) is 6.54 Å². The van der Waals surface area contributed by atoms with E-state index in [0.29, 0.717) is 23.6 Å². The summed E-state index contributed by atoms with van der Waals surface area (Å²) in [6.07, 6.45) is 1.56. The van der Waals surface area contributed by atoms with Gasteiger partial charge in [0.2, 0.25) is 0 Å². The molecule has 0 saturated carbocycles. The Kier molecular flexibility index (Phi) is 3.30. The van der Waals surface area contributed by atoms with E-state index in [1.807, 2.05) is 0 Å². The third kappa shape index (κ3) is 2.39. The molecule has 0 aliphatic heterocycles. The van der Waals surface area contributed by atoms with E-state index in [2.05, 4.69) is 10.2 Å². The molecule has 0 saturated heterocycles. The highest BCUT2D eigenvalue weighted by Gasteiger charge is 2.08. The molecule has 88 valence electrons. The first-order valence-electron chi connectivity index (χ1n) is 5.10. The van der Waals surface area contributed by atoms with Crippen molar-refractivity contribution in [3.63, 3.8) is 0 Å². The lowest BCUT2D eigenvalue weighted by Crippen LogP contribution is -1.99. The monoisotopic (exact) mass is 233 g/mol. The quantitative estimate of drug-likeness (QED) is 0.877. The van der Waals surface area contributed by atoms with Crippen molar-refractivity contribution in [1.82, 2.24) is 10.2 Å². The van der Waals surface area contributed by atoms with Gasteiger partial charge in [0, 0.05) is 18.2 Å². The summed E-state index contributed by atoms with van der Waals surface area (Å²) in [5.41, 5.74) is 7.16. The summed E-state index contributed by atoms with van der Waals surface area (Å²) in [5, 5.41) is 7.68. The summed E-state index contributed by atoms with van der Waals surface area (Å²) in [6.45, 7) is 0.348. The fourth-order valence-corrected chi connectivity index (χ4v) is 1.48. The van der Waals surface area contributed by atoms with Gasteiger partial charge in [-0.25, -0.2) is 4.39 Å². The van der Waals surface area contributed by atoms with E-state index in [1.54, 1.807) is 24.4 Å². The first kappa shape index (κ1) is 11.5. The van der Waals surface area contributed by atoms with E-state index in [0.717, 1.165) is 5.56 Å². The molecular formula is C12H12FN3O. The zero-order chi connectivity index (χ0) is 12.3. The van der Waals surface area contributed by atoms with E-state index in [4.69, 9.17) is 10.5 Å². The standard InChI is InChI=1S/C12H12FN3O/c1-17-9-2-3-10(11(13)5-9)12-4-8(6-14)7-15-16-12/h2-5,7H,6,14H2,1H3. The Morgan fingerprint density at radius 3 is 2.82 bits per heavy atom. The molecule has 0 radical (unpaired) electrons. The Labute approximate surface area is 98.2 Å². The van der Waals surface area contributed by atoms with Crippen molar-refractivity contribution in [3.8, 4) is 17.0 Å². The largest absolute Gasteiger partial charge is 0.497 e. The maximum absolute atomic E-state index is 13.8. The van der Waals surface area contributed by atoms with Crippen molar-refractivity contribution in [2.24, 2.45) is 5.73 Å². The van der Waals surface area contributed by atoms with Crippen molar-refractivity contribution in [2.75, 3.05) is 7.11 Å². The molecule has 2 aromatic rings. The summed E-state index contributed by atoms with van der Waals surface area (Å²) >= 11 is 0. The van der Waals surface area contributed by atoms with Gasteiger partial charge in [-0.3, -0.25) is 0 Å². The molecule has 1 aromatic carbocycles. The molecule has 0 aliphatic rings. The fraction of sp³-hybridized carbons (Fsp3) is 0.167. The molecule has 0 fully saturated rings. The van der Waals surface area contributed by atoms with Crippen LogP contribution >= 0.6 is 0 Å². The Bertz CT molecular complexity index is 531. The molecule has 0 spiro atoms. The van der Waals surface area contributed by atoms with Crippen molar-refractivity contribution < 1.29 is 9.13 Å². The maximum atomic E-state index is 13.8. The molecule has 5 heteroatoms. The van der Waals surface area contributed by atoms with Crippen LogP contribution in [0.4, 0.5) is 4.39 Å². The number of hydrogen-bond acceptors (Lipinski definition) is 4. The molecule has 4 nitrogen and oxygen atoms in total. The Balaban J connectivity index is 2.45. The second kappa shape index (κ2) is 4.88. The van der Waals surface area contributed by atoms with Gasteiger partial charge in [-0.05, 0) is 23.8 Å². The highest BCUT2D eigenvalue weighted by atomic mass is 19.1. The molecule has 2 rings (SSSR count). The minimum Gasteiger partial charge on any atom is -0.497 e. The Hall–Kier alpha value is -2.01. The minimum atomic E-state index is -0.396. The summed E-state index contributed by atoms with van der Waals surface area (Å²) in [5.74, 6) is 0.0713. The summed E-state index contributed by atoms with van der Waals surface area (Å²) in [6, 6.07) is 6.32. The van der Waals surface area contributed by atoms with Crippen LogP contribution in [0.5, 0.6) is 5.75 Å². The molecule has 0 amide bonds. The highest BCUT2D eigenvalue weighted by Crippen LogP contribution is 2.24. The minimum absolute atomic E-state index is 0.348. The van der Waals surface area contributed by atoms with Crippen LogP contribution in [0.1, 0.15) is 5.56 Å². The molecule has 0 aliphatic carbocycles. The predicted octanol–water partition coefficient (Wildman–Crippen LogP) is 1.75. The zero-order valence-electron chi connectivity index (χ0n) is 9.35. The van der Waals surface area contributed by atoms with Gasteiger partial charge in [-0.15, -0.1) is 0 Å². The first-order valence-corrected chi connectivity index (χ1v) is 5.10. The smallest absolute Gasteiger partial charge is 0.136 e. The van der Waals surface area contributed by atoms with Crippen LogP contribution in [0.15, 0.2) is 30.5 Å². The second-order valence-electron chi connectivity index (χ2n) is 3.50. The highest BCUT2D eigenvalue weighted by molar-refractivity contribution is 5.61. The van der Waals surface area contributed by atoms with Gasteiger partial charge in [0.1, 0.15) is 11.6 Å². The Morgan fingerprint density at radius 1 is 1.35 bits per heavy atom. The number of aromatic nitrogens is 2. The number of ether oxygens (including phenoxy) is 1. The molecule has 1 heterocycles. The molecule has 0 bridgehead atoms. The molecule has 1 aromatic heterocycles. The molecule has 17 heavy (non-hydrogen) atoms. The van der Waals surface area contributed by atoms with Crippen LogP contribution in [-0.2, 0) is 6.54 Å². The van der Waals surface area contributed by atoms with Gasteiger partial charge in [0.15, 0.2) is 0 Å². The lowest BCUT2D eigenvalue weighted by molar-refractivity contribution is 0.411. The van der Waals surface area contributed by atoms with E-state index in [-0.39, 0.29) is 0 Å². The number of rotatable bonds is 3. The zero-order valence-corrected chi connectivity index (χ0v) is 9.35. The topological polar surface area (TPSA) is 61.0 Å². The number of methoxy groups -OCH3 is 1. The van der Waals surface area contributed by atoms with Crippen LogP contribution in [0, 0.1) is 5.82 Å². The van der Waals surface area contributed by atoms with E-state index in [9.17, 15) is 4.39 Å². The van der Waals surface area contributed by atoms with Gasteiger partial charge < -0.3 is 10.5 Å². The Morgan fingerprint density at radius 2 is 2.18 bits per heavy atom. The van der Waals surface area contributed by atoms with Crippen LogP contribution in [-0.4, -0.2) is 17.3 Å². The number of nitrogens with two attached hydrogens (primary N) is 1. The van der Waals surface area contributed by atoms with Crippen LogP contribution in [0.3, 0.4) is 0 Å². The normalized spacial score (nSPS) is 10.3. The third-order valence-corrected chi connectivity index (χ3v) is 2.40. The van der Waals surface area contributed by atoms with E-state index in [1.165, 1.54) is 13.2 Å². The van der Waals surface area contributed by atoms with E-state index >= 15 is 0 Å². The third-order valence-electron chi connectivity index (χ3n) is 2.40. The summed E-state index contributed by atoms with van der Waals surface area (Å²) in [4.78, 5) is 0. The lowest BCUT2D eigenvalue weighted by Gasteiger charge is -2.05. The lowest BCUT2D eigenvalue weighted by atomic mass is 10.1. The van der Waals surface area contributed by atoms with Crippen molar-refractivity contribution >= 4 is 0 Å². The van der Waals surface area contributed by atoms with Gasteiger partial charge in [-0.1, -0.05) is 0 Å². The molecule has 2 N–H and O–H groups in total. The van der Waals surface area contributed by atoms with Gasteiger partial charge >= 0.3 is 0 Å². The second-order valence-corrected chi connectivity index (χ2v) is 3.50. The van der Waals surface area contributed by atoms with Gasteiger partial charge in [0.05, 0.1) is 19.0 Å². The fourth-order valence-electron chi connectivity index (χ4n) is 1.48. The van der Waals surface area contributed by atoms with E-state index < -0.39 is 5.82 Å². The van der Waals surface area contributed by atoms with Gasteiger partial charge in [0.25, 0.3) is 0 Å². The van der Waals surface area contributed by atoms with Crippen molar-refractivity contribution in [3.05, 3.63) is 41.8 Å². The van der Waals surface area contributed by atoms with Crippen LogP contribution in [0.2, 0.25) is 0 Å². The predicted molar refractivity (Wildman–Crippen MR) is 61.9 cm³/mol. The van der Waals surface area contributed by atoms with Crippen LogP contribution < -0.4 is 10.5 Å². The number of halogens is 1. The SMILES string of the molecule is COc1ccc(-c2cc(CN)cnn2)c(F)c1. The first-order chi connectivity index (χ1) is 8.24. The average Bonchev–Trinajstić information content (AvgIpc) is 2.38. The molecular weight excluding hydrogens is 221 g/mol. The molecule has 0 atom stereocenters. The summed E-state index contributed by atoms with van der Waals surface area (Å²) < 4.78 is 18.7. The summed E-state index contributed by atoms with van der Waals surface area (Å²) in [7, 11) is 1.49.